The molecule has 0 saturated carbocycles. The van der Waals surface area contributed by atoms with E-state index in [2.05, 4.69) is 86.8 Å². The molecule has 0 aliphatic carbocycles. The minimum Gasteiger partial charge on any atom is -0.461 e. The van der Waals surface area contributed by atoms with Crippen molar-refractivity contribution in [3.8, 4) is 0 Å². The summed E-state index contributed by atoms with van der Waals surface area (Å²) in [5.41, 5.74) is 0. The molecule has 56 heavy (non-hydrogen) atoms. The maximum Gasteiger partial charge on any atom is 0.306 e. The number of nitrogens with one attached hydrogen (secondary N) is 1. The zero-order valence-electron chi connectivity index (χ0n) is 36.5. The van der Waals surface area contributed by atoms with Crippen molar-refractivity contribution >= 4 is 11.9 Å². The van der Waals surface area contributed by atoms with Gasteiger partial charge in [-0.1, -0.05) is 190 Å². The summed E-state index contributed by atoms with van der Waals surface area (Å²) in [6, 6.07) is -0.734. The Hall–Kier alpha value is -2.70. The highest BCUT2D eigenvalue weighted by Gasteiger charge is 2.23. The van der Waals surface area contributed by atoms with Gasteiger partial charge in [0, 0.05) is 12.8 Å². The largest absolute Gasteiger partial charge is 0.461 e. The van der Waals surface area contributed by atoms with E-state index >= 15 is 0 Å². The Morgan fingerprint density at radius 3 is 1.54 bits per heavy atom. The van der Waals surface area contributed by atoms with Crippen LogP contribution in [0.2, 0.25) is 0 Å². The molecule has 1 amide bonds. The minimum atomic E-state index is -0.813. The number of ether oxygens (including phenoxy) is 1. The molecule has 3 N–H and O–H groups in total. The fraction of sp³-hybridized carbons (Fsp3) is 0.720. The standard InChI is InChI=1S/C50H87NO5/c1-4-7-10-13-16-19-22-24-25-26-27-29-32-35-38-41-46(56-50(55)43-40-37-34-31-28-23-20-17-14-11-8-5-2)44-49(54)51-47(45-52)48(53)42-39-36-33-30-21-18-15-12-9-6-3/h7,10,16-17,19-20,24-25,27,29,35,38,46-48,52-53H,4-6,8-9,11-15,18,21-23,26,28,30-34,36-37,39-45H2,1-3H3,(H,51,54)/b10-7-,19-16-,20-17-,25-24-,29-27-,38-35-. The van der Waals surface area contributed by atoms with Gasteiger partial charge in [-0.15, -0.1) is 0 Å². The van der Waals surface area contributed by atoms with E-state index in [1.54, 1.807) is 0 Å². The summed E-state index contributed by atoms with van der Waals surface area (Å²) in [4.78, 5) is 25.9. The summed E-state index contributed by atoms with van der Waals surface area (Å²) < 4.78 is 5.83. The first-order chi connectivity index (χ1) is 27.5. The van der Waals surface area contributed by atoms with Gasteiger partial charge in [0.05, 0.1) is 25.2 Å². The molecule has 6 heteroatoms. The van der Waals surface area contributed by atoms with Crippen molar-refractivity contribution in [1.29, 1.82) is 0 Å². The first-order valence-corrected chi connectivity index (χ1v) is 23.2. The van der Waals surface area contributed by atoms with Gasteiger partial charge in [-0.3, -0.25) is 9.59 Å². The highest BCUT2D eigenvalue weighted by Crippen LogP contribution is 2.15. The average molecular weight is 782 g/mol. The van der Waals surface area contributed by atoms with Crippen molar-refractivity contribution in [2.75, 3.05) is 6.61 Å². The quantitative estimate of drug-likeness (QED) is 0.0327. The average Bonchev–Trinajstić information content (AvgIpc) is 3.19. The van der Waals surface area contributed by atoms with Crippen LogP contribution in [0, 0.1) is 0 Å². The number of rotatable bonds is 40. The van der Waals surface area contributed by atoms with Crippen LogP contribution in [-0.2, 0) is 14.3 Å². The molecule has 6 nitrogen and oxygen atoms in total. The Labute approximate surface area is 345 Å². The molecular formula is C50H87NO5. The normalized spacial score (nSPS) is 14.0. The first kappa shape index (κ1) is 53.3. The van der Waals surface area contributed by atoms with Crippen molar-refractivity contribution in [2.45, 2.75) is 225 Å². The molecule has 0 aromatic rings. The molecule has 0 saturated heterocycles. The molecule has 0 aromatic carbocycles. The Kier molecular flexibility index (Phi) is 41.3. The third kappa shape index (κ3) is 38.2. The number of carbonyl (C=O) groups is 2. The van der Waals surface area contributed by atoms with Crippen LogP contribution in [-0.4, -0.2) is 46.9 Å². The highest BCUT2D eigenvalue weighted by atomic mass is 16.5. The summed E-state index contributed by atoms with van der Waals surface area (Å²) in [7, 11) is 0. The van der Waals surface area contributed by atoms with Crippen molar-refractivity contribution in [1.82, 2.24) is 5.32 Å². The van der Waals surface area contributed by atoms with Gasteiger partial charge in [0.2, 0.25) is 5.91 Å². The number of aliphatic hydroxyl groups is 2. The lowest BCUT2D eigenvalue weighted by atomic mass is 10.0. The van der Waals surface area contributed by atoms with Gasteiger partial charge >= 0.3 is 5.97 Å². The Morgan fingerprint density at radius 1 is 0.554 bits per heavy atom. The van der Waals surface area contributed by atoms with Crippen LogP contribution in [0.25, 0.3) is 0 Å². The van der Waals surface area contributed by atoms with E-state index < -0.39 is 18.2 Å². The third-order valence-corrected chi connectivity index (χ3v) is 10.0. The predicted molar refractivity (Wildman–Crippen MR) is 241 cm³/mol. The van der Waals surface area contributed by atoms with Crippen LogP contribution in [0.5, 0.6) is 0 Å². The Bertz CT molecular complexity index is 1060. The number of allylic oxidation sites excluding steroid dienone is 11. The predicted octanol–water partition coefficient (Wildman–Crippen LogP) is 13.4. The number of hydrogen-bond acceptors (Lipinski definition) is 5. The lowest BCUT2D eigenvalue weighted by molar-refractivity contribution is -0.150. The van der Waals surface area contributed by atoms with Crippen molar-refractivity contribution < 1.29 is 24.5 Å². The van der Waals surface area contributed by atoms with Crippen LogP contribution in [0.4, 0.5) is 0 Å². The second kappa shape index (κ2) is 43.4. The second-order valence-electron chi connectivity index (χ2n) is 15.4. The molecule has 0 bridgehead atoms. The summed E-state index contributed by atoms with van der Waals surface area (Å²) in [6.07, 6.45) is 54.0. The van der Waals surface area contributed by atoms with E-state index in [1.165, 1.54) is 77.0 Å². The third-order valence-electron chi connectivity index (χ3n) is 10.0. The minimum absolute atomic E-state index is 0.00646. The molecule has 3 unspecified atom stereocenters. The lowest BCUT2D eigenvalue weighted by Gasteiger charge is -2.24. The van der Waals surface area contributed by atoms with Crippen LogP contribution >= 0.6 is 0 Å². The Morgan fingerprint density at radius 2 is 1.00 bits per heavy atom. The number of unbranched alkanes of at least 4 members (excludes halogenated alkanes) is 17. The molecule has 0 fully saturated rings. The molecule has 322 valence electrons. The van der Waals surface area contributed by atoms with Gasteiger partial charge in [0.15, 0.2) is 0 Å². The van der Waals surface area contributed by atoms with Crippen molar-refractivity contribution in [2.24, 2.45) is 0 Å². The van der Waals surface area contributed by atoms with Gasteiger partial charge in [-0.2, -0.15) is 0 Å². The van der Waals surface area contributed by atoms with E-state index in [0.717, 1.165) is 83.5 Å². The summed E-state index contributed by atoms with van der Waals surface area (Å²) >= 11 is 0. The van der Waals surface area contributed by atoms with Crippen molar-refractivity contribution in [3.63, 3.8) is 0 Å². The lowest BCUT2D eigenvalue weighted by Crippen LogP contribution is -2.46. The van der Waals surface area contributed by atoms with Crippen LogP contribution in [0.15, 0.2) is 72.9 Å². The summed E-state index contributed by atoms with van der Waals surface area (Å²) in [5, 5.41) is 23.6. The zero-order valence-corrected chi connectivity index (χ0v) is 36.5. The van der Waals surface area contributed by atoms with Gasteiger partial charge in [0.25, 0.3) is 0 Å². The van der Waals surface area contributed by atoms with Crippen LogP contribution in [0.1, 0.15) is 207 Å². The van der Waals surface area contributed by atoms with Gasteiger partial charge in [-0.25, -0.2) is 0 Å². The number of esters is 1. The fourth-order valence-electron chi connectivity index (χ4n) is 6.50. The maximum atomic E-state index is 13.1. The maximum absolute atomic E-state index is 13.1. The first-order valence-electron chi connectivity index (χ1n) is 23.2. The van der Waals surface area contributed by atoms with E-state index in [0.29, 0.717) is 19.3 Å². The van der Waals surface area contributed by atoms with E-state index in [-0.39, 0.29) is 24.9 Å². The van der Waals surface area contributed by atoms with E-state index in [9.17, 15) is 19.8 Å². The van der Waals surface area contributed by atoms with Gasteiger partial charge in [0.1, 0.15) is 6.10 Å². The number of amides is 1. The molecule has 0 spiro atoms. The number of hydrogen-bond donors (Lipinski definition) is 3. The molecule has 0 aliphatic rings. The zero-order chi connectivity index (χ0) is 41.0. The molecule has 0 rings (SSSR count). The fourth-order valence-corrected chi connectivity index (χ4v) is 6.50. The summed E-state index contributed by atoms with van der Waals surface area (Å²) in [5.74, 6) is -0.597. The Balaban J connectivity index is 4.79. The number of carbonyl (C=O) groups excluding carboxylic acids is 2. The second-order valence-corrected chi connectivity index (χ2v) is 15.4. The molecular weight excluding hydrogens is 695 g/mol. The molecule has 0 aromatic heterocycles. The monoisotopic (exact) mass is 782 g/mol. The molecule has 0 heterocycles. The topological polar surface area (TPSA) is 95.9 Å². The molecule has 0 radical (unpaired) electrons. The van der Waals surface area contributed by atoms with Gasteiger partial charge < -0.3 is 20.3 Å². The molecule has 0 aliphatic heterocycles. The number of aliphatic hydroxyl groups excluding tert-OH is 2. The van der Waals surface area contributed by atoms with E-state index in [1.807, 2.05) is 12.2 Å². The van der Waals surface area contributed by atoms with Crippen LogP contribution in [0.3, 0.4) is 0 Å². The molecule has 3 atom stereocenters. The smallest absolute Gasteiger partial charge is 0.306 e. The summed E-state index contributed by atoms with van der Waals surface area (Å²) in [6.45, 7) is 6.28. The van der Waals surface area contributed by atoms with Crippen LogP contribution < -0.4 is 5.32 Å². The van der Waals surface area contributed by atoms with Gasteiger partial charge in [-0.05, 0) is 70.6 Å². The highest BCUT2D eigenvalue weighted by molar-refractivity contribution is 5.77. The van der Waals surface area contributed by atoms with E-state index in [4.69, 9.17) is 4.74 Å². The van der Waals surface area contributed by atoms with Crippen molar-refractivity contribution in [3.05, 3.63) is 72.9 Å². The SMILES string of the molecule is CC/C=C\C/C=C\C/C=C\C/C=C\C/C=C\CC(CC(=O)NC(CO)C(O)CCCCCCCCCCCC)OC(=O)CCCCCCC/C=C\CCCCC.